The Hall–Kier alpha value is -2.61. The zero-order valence-electron chi connectivity index (χ0n) is 25.5. The summed E-state index contributed by atoms with van der Waals surface area (Å²) in [5.41, 5.74) is 8.06. The summed E-state index contributed by atoms with van der Waals surface area (Å²) in [5.74, 6) is 1.18. The SMILES string of the molecule is CC(C)c1ccc2c(c1)[cH-]c1cc(C(C)C)ccc12.Cc1ccc([C](=[Ti+2])c2ccc(C)cc2)cc1.[C-]1=CC=CC1.[Cl-].[Cl-]. The second-order valence-electron chi connectivity index (χ2n) is 11.3. The van der Waals surface area contributed by atoms with Gasteiger partial charge < -0.3 is 24.8 Å². The van der Waals surface area contributed by atoms with Gasteiger partial charge in [-0.15, -0.1) is 46.2 Å². The molecular formula is C39H40Cl2Ti-2. The first kappa shape index (κ1) is 35.6. The molecule has 0 fully saturated rings. The van der Waals surface area contributed by atoms with Crippen molar-refractivity contribution in [2.75, 3.05) is 0 Å². The molecule has 0 amide bonds. The molecule has 216 valence electrons. The molecule has 0 bridgehead atoms. The summed E-state index contributed by atoms with van der Waals surface area (Å²) in [5, 5.41) is 5.52. The summed E-state index contributed by atoms with van der Waals surface area (Å²) in [6.07, 6.45) is 10.0. The standard InChI is InChI=1S/C19H21.C15H14.C5H5.2ClH.Ti/c1-12(2)14-5-7-18-16(9-14)11-17-10-15(13(3)4)6-8-19(17)18;1-12-3-7-14(8-4-12)11-15-9-5-13(2)6-10-15;1-2-4-5-3-1;;;/h5-13H,1-4H3;3-10H,1-2H3;1-3H,4H2;2*1H;/q-1;;-1;;;+2/p-2. The molecule has 0 N–H and O–H groups in total. The van der Waals surface area contributed by atoms with Crippen LogP contribution in [0.25, 0.3) is 21.5 Å². The Morgan fingerprint density at radius 1 is 0.667 bits per heavy atom. The van der Waals surface area contributed by atoms with Crippen LogP contribution >= 0.6 is 0 Å². The maximum absolute atomic E-state index is 2.99. The monoisotopic (exact) mass is 626 g/mol. The van der Waals surface area contributed by atoms with Crippen LogP contribution in [0.2, 0.25) is 0 Å². The first-order chi connectivity index (χ1) is 19.2. The summed E-state index contributed by atoms with van der Waals surface area (Å²) < 4.78 is 1.33. The van der Waals surface area contributed by atoms with Crippen molar-refractivity contribution >= 4 is 25.4 Å². The van der Waals surface area contributed by atoms with Crippen LogP contribution in [-0.4, -0.2) is 3.81 Å². The third-order valence-electron chi connectivity index (χ3n) is 7.35. The smallest absolute Gasteiger partial charge is 0.109 e. The first-order valence-electron chi connectivity index (χ1n) is 14.3. The van der Waals surface area contributed by atoms with Crippen molar-refractivity contribution < 1.29 is 44.8 Å². The van der Waals surface area contributed by atoms with E-state index in [2.05, 4.69) is 165 Å². The molecule has 0 saturated heterocycles. The molecule has 1 aliphatic rings. The number of fused-ring (bicyclic) bond motifs is 3. The summed E-state index contributed by atoms with van der Waals surface area (Å²) >= 11 is 2.18. The van der Waals surface area contributed by atoms with Crippen molar-refractivity contribution in [3.8, 4) is 0 Å². The van der Waals surface area contributed by atoms with Gasteiger partial charge in [-0.25, -0.2) is 12.2 Å². The van der Waals surface area contributed by atoms with Gasteiger partial charge in [0.25, 0.3) is 0 Å². The van der Waals surface area contributed by atoms with E-state index in [1.54, 1.807) is 0 Å². The molecule has 5 aromatic carbocycles. The van der Waals surface area contributed by atoms with Crippen molar-refractivity contribution in [2.24, 2.45) is 0 Å². The second kappa shape index (κ2) is 16.9. The van der Waals surface area contributed by atoms with E-state index in [0.717, 1.165) is 6.42 Å². The maximum atomic E-state index is 2.99. The molecule has 0 nitrogen and oxygen atoms in total. The quantitative estimate of drug-likeness (QED) is 0.201. The summed E-state index contributed by atoms with van der Waals surface area (Å²) in [4.78, 5) is 0. The molecule has 0 unspecified atom stereocenters. The normalized spacial score (nSPS) is 11.5. The van der Waals surface area contributed by atoms with Gasteiger partial charge in [-0.2, -0.15) is 6.08 Å². The minimum atomic E-state index is 0. The predicted molar refractivity (Wildman–Crippen MR) is 172 cm³/mol. The summed E-state index contributed by atoms with van der Waals surface area (Å²) in [7, 11) is 0. The van der Waals surface area contributed by atoms with Crippen molar-refractivity contribution in [3.05, 3.63) is 149 Å². The Morgan fingerprint density at radius 3 is 1.40 bits per heavy atom. The van der Waals surface area contributed by atoms with Gasteiger partial charge in [0.2, 0.25) is 0 Å². The van der Waals surface area contributed by atoms with E-state index in [-0.39, 0.29) is 24.8 Å². The number of aryl methyl sites for hydroxylation is 2. The first-order valence-corrected chi connectivity index (χ1v) is 15.1. The topological polar surface area (TPSA) is 0 Å². The van der Waals surface area contributed by atoms with Crippen LogP contribution in [0.5, 0.6) is 0 Å². The zero-order valence-corrected chi connectivity index (χ0v) is 28.6. The van der Waals surface area contributed by atoms with Crippen LogP contribution in [0.1, 0.15) is 79.3 Å². The van der Waals surface area contributed by atoms with E-state index < -0.39 is 0 Å². The van der Waals surface area contributed by atoms with E-state index in [9.17, 15) is 0 Å². The molecule has 1 aliphatic carbocycles. The third kappa shape index (κ3) is 9.45. The second-order valence-corrected chi connectivity index (χ2v) is 12.0. The fourth-order valence-corrected chi connectivity index (χ4v) is 5.25. The van der Waals surface area contributed by atoms with E-state index in [1.165, 1.54) is 58.7 Å². The van der Waals surface area contributed by atoms with E-state index in [0.29, 0.717) is 11.8 Å². The van der Waals surface area contributed by atoms with Crippen molar-refractivity contribution in [1.29, 1.82) is 0 Å². The molecular weight excluding hydrogens is 587 g/mol. The van der Waals surface area contributed by atoms with Crippen LogP contribution < -0.4 is 24.8 Å². The minimum Gasteiger partial charge on any atom is -1.00 e. The molecule has 5 aromatic rings. The van der Waals surface area contributed by atoms with Gasteiger partial charge in [-0.05, 0) is 11.8 Å². The number of benzene rings is 4. The number of rotatable bonds is 4. The summed E-state index contributed by atoms with van der Waals surface area (Å²) in [6, 6.07) is 33.5. The van der Waals surface area contributed by atoms with Crippen molar-refractivity contribution in [2.45, 2.75) is 59.8 Å². The van der Waals surface area contributed by atoms with Gasteiger partial charge in [0.15, 0.2) is 0 Å². The van der Waals surface area contributed by atoms with E-state index in [4.69, 9.17) is 0 Å². The average molecular weight is 628 g/mol. The van der Waals surface area contributed by atoms with Gasteiger partial charge in [-0.3, -0.25) is 6.08 Å². The Morgan fingerprint density at radius 2 is 1.10 bits per heavy atom. The minimum absolute atomic E-state index is 0. The molecule has 0 heterocycles. The molecule has 0 radical (unpaired) electrons. The largest absolute Gasteiger partial charge is 1.00 e. The molecule has 3 heteroatoms. The molecule has 0 atom stereocenters. The summed E-state index contributed by atoms with van der Waals surface area (Å²) in [6.45, 7) is 13.2. The number of halogens is 2. The van der Waals surface area contributed by atoms with Gasteiger partial charge >= 0.3 is 108 Å². The molecule has 6 rings (SSSR count). The zero-order chi connectivity index (χ0) is 28.6. The third-order valence-corrected chi connectivity index (χ3v) is 8.25. The Bertz CT molecular complexity index is 1510. The fraction of sp³-hybridized carbons (Fsp3) is 0.231. The van der Waals surface area contributed by atoms with Gasteiger partial charge in [0.05, 0.1) is 0 Å². The van der Waals surface area contributed by atoms with Gasteiger partial charge in [0, 0.05) is 0 Å². The maximum Gasteiger partial charge on any atom is -0.109 e. The van der Waals surface area contributed by atoms with E-state index >= 15 is 0 Å². The van der Waals surface area contributed by atoms with Gasteiger partial charge in [-0.1, -0.05) is 63.1 Å². The van der Waals surface area contributed by atoms with Crippen molar-refractivity contribution in [3.63, 3.8) is 0 Å². The molecule has 0 aliphatic heterocycles. The molecule has 0 spiro atoms. The Balaban J connectivity index is 0.000000244. The Kier molecular flexibility index (Phi) is 14.3. The average Bonchev–Trinajstić information content (AvgIpc) is 3.65. The fourth-order valence-electron chi connectivity index (χ4n) is 4.72. The van der Waals surface area contributed by atoms with Crippen LogP contribution in [-0.2, 0) is 20.0 Å². The van der Waals surface area contributed by atoms with Crippen molar-refractivity contribution in [1.82, 2.24) is 0 Å². The van der Waals surface area contributed by atoms with Crippen LogP contribution in [0.4, 0.5) is 0 Å². The van der Waals surface area contributed by atoms with Crippen LogP contribution in [0.15, 0.2) is 109 Å². The molecule has 0 aromatic heterocycles. The van der Waals surface area contributed by atoms with Gasteiger partial charge in [0.1, 0.15) is 0 Å². The van der Waals surface area contributed by atoms with E-state index in [1.807, 2.05) is 12.2 Å². The number of hydrogen-bond donors (Lipinski definition) is 0. The molecule has 42 heavy (non-hydrogen) atoms. The number of allylic oxidation sites excluding steroid dienone is 4. The predicted octanol–water partition coefficient (Wildman–Crippen LogP) is 4.69. The Labute approximate surface area is 277 Å². The number of hydrogen-bond acceptors (Lipinski definition) is 0. The van der Waals surface area contributed by atoms with Crippen LogP contribution in [0, 0.1) is 19.9 Å². The van der Waals surface area contributed by atoms with Crippen LogP contribution in [0.3, 0.4) is 0 Å². The molecule has 0 saturated carbocycles.